The number of fused-ring (bicyclic) bond motifs is 1. The van der Waals surface area contributed by atoms with Gasteiger partial charge in [0.2, 0.25) is 5.91 Å². The molecule has 2 heterocycles. The molecule has 0 saturated carbocycles. The Morgan fingerprint density at radius 1 is 0.932 bits per heavy atom. The lowest BCUT2D eigenvalue weighted by Gasteiger charge is -2.17. The van der Waals surface area contributed by atoms with Crippen LogP contribution in [0.2, 0.25) is 0 Å². The maximum Gasteiger partial charge on any atom is 0.308 e. The third-order valence-corrected chi connectivity index (χ3v) is 7.63. The van der Waals surface area contributed by atoms with Gasteiger partial charge in [-0.2, -0.15) is 10.2 Å². The van der Waals surface area contributed by atoms with Crippen LogP contribution in [0.3, 0.4) is 0 Å². The highest BCUT2D eigenvalue weighted by molar-refractivity contribution is 5.95. The molecule has 44 heavy (non-hydrogen) atoms. The van der Waals surface area contributed by atoms with E-state index in [1.54, 1.807) is 89.8 Å². The molecule has 2 unspecified atom stereocenters. The first-order valence-electron chi connectivity index (χ1n) is 14.0. The Kier molecular flexibility index (Phi) is 7.76. The minimum absolute atomic E-state index is 0.103. The largest absolute Gasteiger partial charge is 0.481 e. The van der Waals surface area contributed by atoms with E-state index in [9.17, 15) is 19.5 Å². The first-order valence-corrected chi connectivity index (χ1v) is 14.0. The van der Waals surface area contributed by atoms with Crippen LogP contribution in [0.5, 0.6) is 0 Å². The molecule has 10 heteroatoms. The number of hydrogen-bond donors (Lipinski definition) is 3. The molecule has 4 aromatic carbocycles. The number of amides is 2. The number of aliphatic carboxylic acids is 1. The fourth-order valence-corrected chi connectivity index (χ4v) is 5.45. The minimum Gasteiger partial charge on any atom is -0.481 e. The molecule has 3 N–H and O–H groups in total. The highest BCUT2D eigenvalue weighted by atomic mass is 16.4. The summed E-state index contributed by atoms with van der Waals surface area (Å²) in [5.41, 5.74) is 4.95. The van der Waals surface area contributed by atoms with Gasteiger partial charge in [0, 0.05) is 35.9 Å². The standard InChI is InChI=1S/C34H27N5O5/c35-18-22-5-4-8-26(15-22)37-34-38-29-14-9-21(16-30(29)44-34)17-31(40)36-25-12-10-23(11-13-25)27-19-39(20-28(27)33(42)43)32(41)24-6-2-1-3-7-24/h1-16,27-28H,17,19-20H2,(H,36,40)(H,37,38)(H,42,43). The summed E-state index contributed by atoms with van der Waals surface area (Å²) in [6, 6.07) is 30.6. The van der Waals surface area contributed by atoms with Gasteiger partial charge in [0.25, 0.3) is 11.9 Å². The average Bonchev–Trinajstić information content (AvgIpc) is 3.66. The number of benzene rings is 4. The Labute approximate surface area is 252 Å². The van der Waals surface area contributed by atoms with Gasteiger partial charge in [-0.3, -0.25) is 14.4 Å². The van der Waals surface area contributed by atoms with Gasteiger partial charge in [0.1, 0.15) is 5.52 Å². The van der Waals surface area contributed by atoms with Crippen molar-refractivity contribution in [3.63, 3.8) is 0 Å². The molecule has 218 valence electrons. The third kappa shape index (κ3) is 6.12. The number of carboxylic acid groups (broad SMARTS) is 1. The Balaban J connectivity index is 1.09. The topological polar surface area (TPSA) is 149 Å². The van der Waals surface area contributed by atoms with Crippen LogP contribution in [-0.2, 0) is 16.0 Å². The average molecular weight is 586 g/mol. The van der Waals surface area contributed by atoms with Gasteiger partial charge in [-0.15, -0.1) is 0 Å². The van der Waals surface area contributed by atoms with Gasteiger partial charge in [0.15, 0.2) is 5.58 Å². The zero-order chi connectivity index (χ0) is 30.6. The molecule has 1 saturated heterocycles. The smallest absolute Gasteiger partial charge is 0.308 e. The summed E-state index contributed by atoms with van der Waals surface area (Å²) in [4.78, 5) is 43.8. The van der Waals surface area contributed by atoms with Gasteiger partial charge in [0.05, 0.1) is 24.0 Å². The second kappa shape index (κ2) is 12.1. The Morgan fingerprint density at radius 3 is 2.48 bits per heavy atom. The fraction of sp³-hybridized carbons (Fsp3) is 0.147. The van der Waals surface area contributed by atoms with Crippen molar-refractivity contribution in [2.75, 3.05) is 23.7 Å². The molecule has 0 radical (unpaired) electrons. The lowest BCUT2D eigenvalue weighted by atomic mass is 9.89. The summed E-state index contributed by atoms with van der Waals surface area (Å²) in [6.07, 6.45) is 0.103. The van der Waals surface area contributed by atoms with Gasteiger partial charge in [-0.05, 0) is 65.7 Å². The number of rotatable bonds is 8. The predicted octanol–water partition coefficient (Wildman–Crippen LogP) is 5.56. The highest BCUT2D eigenvalue weighted by Crippen LogP contribution is 2.34. The van der Waals surface area contributed by atoms with E-state index in [4.69, 9.17) is 9.68 Å². The van der Waals surface area contributed by atoms with Crippen molar-refractivity contribution in [2.45, 2.75) is 12.3 Å². The molecule has 0 bridgehead atoms. The summed E-state index contributed by atoms with van der Waals surface area (Å²) >= 11 is 0. The Bertz CT molecular complexity index is 1900. The summed E-state index contributed by atoms with van der Waals surface area (Å²) in [5, 5.41) is 24.9. The van der Waals surface area contributed by atoms with E-state index in [1.807, 2.05) is 12.1 Å². The van der Waals surface area contributed by atoms with E-state index in [-0.39, 0.29) is 36.7 Å². The van der Waals surface area contributed by atoms with Gasteiger partial charge in [-0.25, -0.2) is 0 Å². The lowest BCUT2D eigenvalue weighted by molar-refractivity contribution is -0.141. The molecule has 5 aromatic rings. The van der Waals surface area contributed by atoms with E-state index >= 15 is 0 Å². The van der Waals surface area contributed by atoms with Crippen molar-refractivity contribution in [2.24, 2.45) is 5.92 Å². The second-order valence-electron chi connectivity index (χ2n) is 10.6. The van der Waals surface area contributed by atoms with Gasteiger partial charge in [-0.1, -0.05) is 42.5 Å². The van der Waals surface area contributed by atoms with Crippen LogP contribution in [0.25, 0.3) is 11.1 Å². The molecule has 6 rings (SSSR count). The maximum absolute atomic E-state index is 13.0. The number of nitrogens with zero attached hydrogens (tertiary/aromatic N) is 3. The molecule has 1 aliphatic rings. The number of nitriles is 1. The van der Waals surface area contributed by atoms with Crippen molar-refractivity contribution in [3.8, 4) is 6.07 Å². The summed E-state index contributed by atoms with van der Waals surface area (Å²) in [6.45, 7) is 0.428. The molecular weight excluding hydrogens is 558 g/mol. The van der Waals surface area contributed by atoms with Crippen LogP contribution >= 0.6 is 0 Å². The molecule has 0 spiro atoms. The van der Waals surface area contributed by atoms with E-state index in [2.05, 4.69) is 21.7 Å². The predicted molar refractivity (Wildman–Crippen MR) is 163 cm³/mol. The van der Waals surface area contributed by atoms with Crippen LogP contribution in [0, 0.1) is 17.2 Å². The number of likely N-dealkylation sites (tertiary alicyclic amines) is 1. The molecule has 1 aliphatic heterocycles. The molecule has 10 nitrogen and oxygen atoms in total. The SMILES string of the molecule is N#Cc1cccc(Nc2nc3ccc(CC(=O)Nc4ccc(C5CN(C(=O)c6ccccc6)CC5C(=O)O)cc4)cc3o2)c1. The second-order valence-corrected chi connectivity index (χ2v) is 10.6. The molecule has 2 amide bonds. The molecule has 1 aromatic heterocycles. The number of carbonyl (C=O) groups excluding carboxylic acids is 2. The Morgan fingerprint density at radius 2 is 1.73 bits per heavy atom. The zero-order valence-electron chi connectivity index (χ0n) is 23.4. The van der Waals surface area contributed by atoms with E-state index < -0.39 is 11.9 Å². The van der Waals surface area contributed by atoms with Crippen molar-refractivity contribution >= 4 is 46.3 Å². The molecule has 1 fully saturated rings. The van der Waals surface area contributed by atoms with E-state index in [1.165, 1.54) is 0 Å². The lowest BCUT2D eigenvalue weighted by Crippen LogP contribution is -2.29. The summed E-state index contributed by atoms with van der Waals surface area (Å²) in [7, 11) is 0. The maximum atomic E-state index is 13.0. The van der Waals surface area contributed by atoms with Crippen LogP contribution < -0.4 is 10.6 Å². The van der Waals surface area contributed by atoms with Gasteiger partial charge >= 0.3 is 5.97 Å². The van der Waals surface area contributed by atoms with Crippen LogP contribution in [0.1, 0.15) is 33.0 Å². The monoisotopic (exact) mass is 585 g/mol. The number of hydrogen-bond acceptors (Lipinski definition) is 7. The first kappa shape index (κ1) is 28.2. The molecular formula is C34H27N5O5. The number of aromatic nitrogens is 1. The van der Waals surface area contributed by atoms with Crippen LogP contribution in [0.15, 0.2) is 101 Å². The first-order chi connectivity index (χ1) is 21.4. The highest BCUT2D eigenvalue weighted by Gasteiger charge is 2.40. The van der Waals surface area contributed by atoms with Gasteiger partial charge < -0.3 is 25.1 Å². The van der Waals surface area contributed by atoms with Crippen molar-refractivity contribution in [1.82, 2.24) is 9.88 Å². The number of oxazole rings is 1. The van der Waals surface area contributed by atoms with Crippen molar-refractivity contribution in [1.29, 1.82) is 5.26 Å². The minimum atomic E-state index is -0.949. The fourth-order valence-electron chi connectivity index (χ4n) is 5.45. The molecule has 0 aliphatic carbocycles. The summed E-state index contributed by atoms with van der Waals surface area (Å²) < 4.78 is 5.82. The molecule has 2 atom stereocenters. The Hall–Kier alpha value is -5.95. The summed E-state index contributed by atoms with van der Waals surface area (Å²) in [5.74, 6) is -2.46. The van der Waals surface area contributed by atoms with Crippen LogP contribution in [-0.4, -0.2) is 45.9 Å². The normalized spacial score (nSPS) is 15.9. The van der Waals surface area contributed by atoms with Crippen molar-refractivity contribution < 1.29 is 23.9 Å². The number of carboxylic acids is 1. The van der Waals surface area contributed by atoms with E-state index in [0.717, 1.165) is 11.1 Å². The zero-order valence-corrected chi connectivity index (χ0v) is 23.4. The number of anilines is 3. The third-order valence-electron chi connectivity index (χ3n) is 7.63. The van der Waals surface area contributed by atoms with E-state index in [0.29, 0.717) is 40.1 Å². The number of carbonyl (C=O) groups is 3. The number of nitrogens with one attached hydrogen (secondary N) is 2. The van der Waals surface area contributed by atoms with Crippen LogP contribution in [0.4, 0.5) is 17.4 Å². The quantitative estimate of drug-likeness (QED) is 0.214. The van der Waals surface area contributed by atoms with Crippen molar-refractivity contribution in [3.05, 3.63) is 119 Å².